The molecule has 1 aromatic carbocycles. The Hall–Kier alpha value is -3.82. The first kappa shape index (κ1) is 31.1. The molecule has 2 N–H and O–H groups in total. The summed E-state index contributed by atoms with van der Waals surface area (Å²) in [6.07, 6.45) is 7.74. The monoisotopic (exact) mass is 580 g/mol. The summed E-state index contributed by atoms with van der Waals surface area (Å²) in [7, 11) is 2.04. The van der Waals surface area contributed by atoms with Crippen LogP contribution in [0.2, 0.25) is 0 Å². The Morgan fingerprint density at radius 3 is 2.43 bits per heavy atom. The highest BCUT2D eigenvalue weighted by Gasteiger charge is 2.34. The Morgan fingerprint density at radius 2 is 1.74 bits per heavy atom. The first-order valence-electron chi connectivity index (χ1n) is 15.0. The zero-order chi connectivity index (χ0) is 30.4. The van der Waals surface area contributed by atoms with Crippen molar-refractivity contribution in [2.24, 2.45) is 13.0 Å². The molecule has 228 valence electrons. The van der Waals surface area contributed by atoms with Gasteiger partial charge in [0.2, 0.25) is 6.23 Å². The lowest BCUT2D eigenvalue weighted by molar-refractivity contribution is -0.706. The van der Waals surface area contributed by atoms with Crippen molar-refractivity contribution in [1.29, 1.82) is 0 Å². The van der Waals surface area contributed by atoms with Crippen molar-refractivity contribution < 1.29 is 28.4 Å². The normalized spacial score (nSPS) is 15.8. The van der Waals surface area contributed by atoms with Crippen LogP contribution in [0, 0.1) is 12.8 Å². The number of nitrogens with zero attached hydrogens (tertiary/aromatic N) is 3. The first-order valence-corrected chi connectivity index (χ1v) is 15.0. The zero-order valence-corrected chi connectivity index (χ0v) is 25.9. The Balaban J connectivity index is 1.19. The van der Waals surface area contributed by atoms with E-state index >= 15 is 0 Å². The second kappa shape index (κ2) is 13.4. The van der Waals surface area contributed by atoms with E-state index in [1.807, 2.05) is 76.8 Å². The predicted molar refractivity (Wildman–Crippen MR) is 160 cm³/mol. The number of amides is 2. The lowest BCUT2D eigenvalue weighted by Gasteiger charge is -2.21. The summed E-state index contributed by atoms with van der Waals surface area (Å²) >= 11 is 0. The van der Waals surface area contributed by atoms with E-state index in [2.05, 4.69) is 25.8 Å². The van der Waals surface area contributed by atoms with Crippen LogP contribution in [0.25, 0.3) is 10.9 Å². The maximum absolute atomic E-state index is 13.6. The van der Waals surface area contributed by atoms with Gasteiger partial charge in [0.25, 0.3) is 5.82 Å². The van der Waals surface area contributed by atoms with E-state index in [1.54, 1.807) is 0 Å². The second-order valence-corrected chi connectivity index (χ2v) is 12.2. The lowest BCUT2D eigenvalue weighted by atomic mass is 9.85. The number of aromatic nitrogens is 3. The fraction of sp³-hybridized carbons (Fsp3) is 0.562. The highest BCUT2D eigenvalue weighted by molar-refractivity contribution is 6.11. The van der Waals surface area contributed by atoms with Gasteiger partial charge in [0.1, 0.15) is 24.5 Å². The van der Waals surface area contributed by atoms with Gasteiger partial charge in [-0.25, -0.2) is 14.2 Å². The quantitative estimate of drug-likeness (QED) is 0.235. The first-order chi connectivity index (χ1) is 20.0. The minimum Gasteiger partial charge on any atom is -0.444 e. The molecule has 0 saturated carbocycles. The highest BCUT2D eigenvalue weighted by Crippen LogP contribution is 2.34. The molecule has 0 radical (unpaired) electrons. The van der Waals surface area contributed by atoms with E-state index in [0.717, 1.165) is 66.5 Å². The maximum atomic E-state index is 13.6. The van der Waals surface area contributed by atoms with Crippen LogP contribution in [-0.4, -0.2) is 45.8 Å². The number of alkyl carbamates (subject to hydrolysis) is 2. The van der Waals surface area contributed by atoms with E-state index in [9.17, 15) is 14.4 Å². The number of ether oxygens (including phenoxy) is 2. The molecule has 2 atom stereocenters. The smallest absolute Gasteiger partial charge is 0.410 e. The number of rotatable bonds is 11. The van der Waals surface area contributed by atoms with E-state index < -0.39 is 24.0 Å². The number of ketones is 1. The van der Waals surface area contributed by atoms with Crippen molar-refractivity contribution in [3.05, 3.63) is 53.7 Å². The predicted octanol–water partition coefficient (Wildman–Crippen LogP) is 5.35. The van der Waals surface area contributed by atoms with Gasteiger partial charge in [0.05, 0.1) is 5.92 Å². The van der Waals surface area contributed by atoms with E-state index in [0.29, 0.717) is 19.6 Å². The van der Waals surface area contributed by atoms with Gasteiger partial charge >= 0.3 is 12.2 Å². The van der Waals surface area contributed by atoms with E-state index in [-0.39, 0.29) is 11.7 Å². The fourth-order valence-corrected chi connectivity index (χ4v) is 5.72. The standard InChI is InChI=1S/C32H45N5O5/c1-22-36(21-24-15-16-27-28(29(24)38)25-13-9-10-14-26(25)35(27)6)19-20-37(22)23(2)41-30(39)33-17-11-7-8-12-18-34-31(40)42-32(3,4)5/h9-10,13-14,19-20,23-24H,7-8,11-12,15-18,21H2,1-6H3,(H-,33,34,39,40)/p+1. The molecule has 1 aliphatic rings. The number of carbonyl (C=O) groups excluding carboxylic acids is 3. The van der Waals surface area contributed by atoms with Crippen LogP contribution >= 0.6 is 0 Å². The summed E-state index contributed by atoms with van der Waals surface area (Å²) in [6, 6.07) is 8.12. The van der Waals surface area contributed by atoms with Crippen LogP contribution in [0.5, 0.6) is 0 Å². The van der Waals surface area contributed by atoms with Crippen LogP contribution in [-0.2, 0) is 29.5 Å². The van der Waals surface area contributed by atoms with Crippen molar-refractivity contribution in [1.82, 2.24) is 19.8 Å². The molecule has 0 bridgehead atoms. The number of Topliss-reactive ketones (excluding diaryl/α,β-unsaturated/α-hetero) is 1. The number of fused-ring (bicyclic) bond motifs is 3. The molecule has 1 aliphatic carbocycles. The third kappa shape index (κ3) is 7.52. The van der Waals surface area contributed by atoms with Crippen LogP contribution in [0.1, 0.15) is 87.9 Å². The SMILES string of the molecule is Cc1n(C(C)OC(=O)NCCCCCCNC(=O)OC(C)(C)C)cc[n+]1CC1CCc2c(c3ccccc3n2C)C1=O. The number of imidazole rings is 1. The van der Waals surface area contributed by atoms with Gasteiger partial charge in [-0.1, -0.05) is 31.0 Å². The third-order valence-electron chi connectivity index (χ3n) is 7.90. The van der Waals surface area contributed by atoms with Crippen molar-refractivity contribution >= 4 is 28.9 Å². The lowest BCUT2D eigenvalue weighted by Crippen LogP contribution is -2.43. The number of aryl methyl sites for hydroxylation is 1. The highest BCUT2D eigenvalue weighted by atomic mass is 16.6. The zero-order valence-electron chi connectivity index (χ0n) is 25.9. The largest absolute Gasteiger partial charge is 0.444 e. The summed E-state index contributed by atoms with van der Waals surface area (Å²) < 4.78 is 17.0. The van der Waals surface area contributed by atoms with Crippen molar-refractivity contribution in [3.63, 3.8) is 0 Å². The number of carbonyl (C=O) groups is 3. The molecule has 2 heterocycles. The van der Waals surface area contributed by atoms with Crippen LogP contribution in [0.3, 0.4) is 0 Å². The number of para-hydroxylation sites is 1. The van der Waals surface area contributed by atoms with Gasteiger partial charge < -0.3 is 24.7 Å². The van der Waals surface area contributed by atoms with Crippen molar-refractivity contribution in [2.45, 2.75) is 91.5 Å². The van der Waals surface area contributed by atoms with Crippen molar-refractivity contribution in [2.75, 3.05) is 13.1 Å². The number of hydrogen-bond donors (Lipinski definition) is 2. The molecule has 3 aromatic rings. The molecule has 42 heavy (non-hydrogen) atoms. The Bertz CT molecular complexity index is 1420. The third-order valence-corrected chi connectivity index (χ3v) is 7.90. The average molecular weight is 581 g/mol. The summed E-state index contributed by atoms with van der Waals surface area (Å²) in [5.41, 5.74) is 2.60. The molecule has 2 unspecified atom stereocenters. The number of nitrogens with one attached hydrogen (secondary N) is 2. The van der Waals surface area contributed by atoms with Gasteiger partial charge in [0.15, 0.2) is 5.78 Å². The number of benzene rings is 1. The molecular weight excluding hydrogens is 534 g/mol. The molecule has 0 fully saturated rings. The topological polar surface area (TPSA) is 107 Å². The summed E-state index contributed by atoms with van der Waals surface area (Å²) in [4.78, 5) is 37.6. The molecule has 0 aliphatic heterocycles. The van der Waals surface area contributed by atoms with Crippen LogP contribution in [0.15, 0.2) is 36.7 Å². The van der Waals surface area contributed by atoms with Gasteiger partial charge in [0, 0.05) is 56.1 Å². The summed E-state index contributed by atoms with van der Waals surface area (Å²) in [5.74, 6) is 1.03. The number of hydrogen-bond acceptors (Lipinski definition) is 5. The van der Waals surface area contributed by atoms with Crippen LogP contribution < -0.4 is 15.2 Å². The molecule has 0 spiro atoms. The summed E-state index contributed by atoms with van der Waals surface area (Å²) in [5, 5.41) is 6.61. The van der Waals surface area contributed by atoms with E-state index in [4.69, 9.17) is 9.47 Å². The molecular formula is C32H46N5O5+. The molecule has 2 amide bonds. The van der Waals surface area contributed by atoms with Crippen LogP contribution in [0.4, 0.5) is 9.59 Å². The molecule has 2 aromatic heterocycles. The van der Waals surface area contributed by atoms with Gasteiger partial charge in [-0.05, 0) is 52.5 Å². The van der Waals surface area contributed by atoms with Gasteiger partial charge in [-0.3, -0.25) is 4.79 Å². The van der Waals surface area contributed by atoms with Gasteiger partial charge in [-0.2, -0.15) is 4.57 Å². The maximum Gasteiger partial charge on any atom is 0.410 e. The Kier molecular flexibility index (Phi) is 9.96. The molecule has 0 saturated heterocycles. The van der Waals surface area contributed by atoms with E-state index in [1.165, 1.54) is 0 Å². The minimum atomic E-state index is -0.498. The van der Waals surface area contributed by atoms with Crippen molar-refractivity contribution in [3.8, 4) is 0 Å². The molecule has 10 nitrogen and oxygen atoms in total. The Morgan fingerprint density at radius 1 is 1.07 bits per heavy atom. The second-order valence-electron chi connectivity index (χ2n) is 12.2. The molecule has 4 rings (SSSR count). The van der Waals surface area contributed by atoms with Gasteiger partial charge in [-0.15, -0.1) is 0 Å². The fourth-order valence-electron chi connectivity index (χ4n) is 5.72. The minimum absolute atomic E-state index is 0.101. The molecule has 10 heteroatoms. The summed E-state index contributed by atoms with van der Waals surface area (Å²) in [6.45, 7) is 11.0. The number of unbranched alkanes of at least 4 members (excludes halogenated alkanes) is 3. The Labute approximate surface area is 248 Å². The average Bonchev–Trinajstić information content (AvgIpc) is 3.43.